The van der Waals surface area contributed by atoms with E-state index < -0.39 is 41.8 Å². The van der Waals surface area contributed by atoms with Crippen molar-refractivity contribution < 1.29 is 38.1 Å². The van der Waals surface area contributed by atoms with Gasteiger partial charge >= 0.3 is 17.7 Å². The molecule has 0 aliphatic carbocycles. The third-order valence-corrected chi connectivity index (χ3v) is 3.94. The van der Waals surface area contributed by atoms with E-state index in [1.807, 2.05) is 0 Å². The quantitative estimate of drug-likeness (QED) is 0.548. The van der Waals surface area contributed by atoms with Crippen molar-refractivity contribution in [3.63, 3.8) is 0 Å². The van der Waals surface area contributed by atoms with Gasteiger partial charge in [-0.05, 0) is 32.9 Å². The molecular weight excluding hydrogens is 412 g/mol. The molecule has 0 saturated carbocycles. The Kier molecular flexibility index (Phi) is 7.11. The zero-order valence-corrected chi connectivity index (χ0v) is 17.7. The monoisotopic (exact) mass is 436 g/mol. The zero-order valence-electron chi connectivity index (χ0n) is 17.7. The summed E-state index contributed by atoms with van der Waals surface area (Å²) in [5.74, 6) is -1.56. The summed E-state index contributed by atoms with van der Waals surface area (Å²) in [6, 6.07) is 2.78. The maximum absolute atomic E-state index is 12.5. The summed E-state index contributed by atoms with van der Waals surface area (Å²) in [7, 11) is 2.86. The summed E-state index contributed by atoms with van der Waals surface area (Å²) < 4.78 is 20.5. The Bertz CT molecular complexity index is 1050. The summed E-state index contributed by atoms with van der Waals surface area (Å²) in [5.41, 5.74) is -1.93. The summed E-state index contributed by atoms with van der Waals surface area (Å²) in [6.45, 7) is 4.37. The molecule has 31 heavy (non-hydrogen) atoms. The molecule has 1 aromatic heterocycles. The molecule has 11 nitrogen and oxygen atoms in total. The average Bonchev–Trinajstić information content (AvgIpc) is 2.67. The molecule has 168 valence electrons. The van der Waals surface area contributed by atoms with E-state index in [0.29, 0.717) is 16.9 Å². The number of carboxylic acid groups (broad SMARTS) is 1. The molecule has 1 atom stereocenters. The fourth-order valence-electron chi connectivity index (χ4n) is 2.54. The number of carboxylic acids is 1. The lowest BCUT2D eigenvalue weighted by Crippen LogP contribution is -2.50. The van der Waals surface area contributed by atoms with Gasteiger partial charge in [0.05, 0.1) is 14.2 Å². The van der Waals surface area contributed by atoms with Gasteiger partial charge in [-0.25, -0.2) is 14.4 Å². The molecule has 2 aromatic rings. The van der Waals surface area contributed by atoms with Crippen molar-refractivity contribution >= 4 is 28.9 Å². The van der Waals surface area contributed by atoms with Crippen molar-refractivity contribution in [2.75, 3.05) is 20.8 Å². The number of hydrogen-bond acceptors (Lipinski definition) is 8. The summed E-state index contributed by atoms with van der Waals surface area (Å²) in [6.07, 6.45) is -0.958. The highest BCUT2D eigenvalue weighted by atomic mass is 16.6. The van der Waals surface area contributed by atoms with E-state index in [9.17, 15) is 24.3 Å². The summed E-state index contributed by atoms with van der Waals surface area (Å²) >= 11 is 0. The lowest BCUT2D eigenvalue weighted by Gasteiger charge is -2.22. The Morgan fingerprint density at radius 1 is 1.10 bits per heavy atom. The number of carbonyl (C=O) groups is 3. The second kappa shape index (κ2) is 9.37. The number of fused-ring (bicyclic) bond motifs is 1. The molecule has 0 bridgehead atoms. The van der Waals surface area contributed by atoms with Crippen LogP contribution in [0.15, 0.2) is 27.4 Å². The van der Waals surface area contributed by atoms with Crippen LogP contribution in [-0.2, 0) is 9.53 Å². The summed E-state index contributed by atoms with van der Waals surface area (Å²) in [4.78, 5) is 47.9. The number of rotatable bonds is 7. The minimum absolute atomic E-state index is 0.175. The molecule has 0 saturated heterocycles. The van der Waals surface area contributed by atoms with Crippen molar-refractivity contribution in [1.82, 2.24) is 10.6 Å². The first-order valence-corrected chi connectivity index (χ1v) is 9.15. The van der Waals surface area contributed by atoms with Gasteiger partial charge in [-0.2, -0.15) is 0 Å². The first-order valence-electron chi connectivity index (χ1n) is 9.15. The van der Waals surface area contributed by atoms with Crippen molar-refractivity contribution in [2.45, 2.75) is 32.4 Å². The van der Waals surface area contributed by atoms with Crippen LogP contribution in [0.1, 0.15) is 31.1 Å². The molecule has 11 heteroatoms. The second-order valence-electron chi connectivity index (χ2n) is 7.44. The fraction of sp³-hybridized carbons (Fsp3) is 0.400. The fourth-order valence-corrected chi connectivity index (χ4v) is 2.54. The first-order chi connectivity index (χ1) is 14.4. The van der Waals surface area contributed by atoms with Crippen LogP contribution in [0, 0.1) is 0 Å². The minimum atomic E-state index is -1.48. The van der Waals surface area contributed by atoms with Gasteiger partial charge in [-0.1, -0.05) is 0 Å². The third kappa shape index (κ3) is 6.11. The number of benzene rings is 1. The topological polar surface area (TPSA) is 153 Å². The number of hydrogen-bond donors (Lipinski definition) is 3. The first kappa shape index (κ1) is 23.5. The molecule has 0 aliphatic heterocycles. The van der Waals surface area contributed by atoms with Crippen LogP contribution in [0.2, 0.25) is 0 Å². The molecule has 1 aromatic carbocycles. The Morgan fingerprint density at radius 3 is 2.26 bits per heavy atom. The van der Waals surface area contributed by atoms with Crippen LogP contribution in [-0.4, -0.2) is 55.5 Å². The van der Waals surface area contributed by atoms with Gasteiger partial charge in [-0.3, -0.25) is 4.79 Å². The molecule has 1 heterocycles. The Balaban J connectivity index is 2.19. The molecule has 0 spiro atoms. The second-order valence-corrected chi connectivity index (χ2v) is 7.44. The van der Waals surface area contributed by atoms with Gasteiger partial charge in [0.25, 0.3) is 5.91 Å². The number of amides is 2. The van der Waals surface area contributed by atoms with Gasteiger partial charge in [0, 0.05) is 18.0 Å². The molecule has 2 amide bonds. The smallest absolute Gasteiger partial charge is 0.408 e. The Labute approximate surface area is 177 Å². The number of alkyl carbamates (subject to hydrolysis) is 1. The van der Waals surface area contributed by atoms with E-state index in [-0.39, 0.29) is 11.1 Å². The highest BCUT2D eigenvalue weighted by Crippen LogP contribution is 2.31. The van der Waals surface area contributed by atoms with Gasteiger partial charge in [0.1, 0.15) is 22.8 Å². The van der Waals surface area contributed by atoms with E-state index in [2.05, 4.69) is 10.6 Å². The van der Waals surface area contributed by atoms with Gasteiger partial charge in [0.15, 0.2) is 11.5 Å². The summed E-state index contributed by atoms with van der Waals surface area (Å²) in [5, 5.41) is 14.1. The molecule has 0 radical (unpaired) electrons. The third-order valence-electron chi connectivity index (χ3n) is 3.94. The number of nitrogens with one attached hydrogen (secondary N) is 2. The van der Waals surface area contributed by atoms with E-state index in [4.69, 9.17) is 18.6 Å². The molecule has 3 N–H and O–H groups in total. The zero-order chi connectivity index (χ0) is 23.3. The van der Waals surface area contributed by atoms with Crippen molar-refractivity contribution in [3.05, 3.63) is 34.2 Å². The Morgan fingerprint density at radius 2 is 1.71 bits per heavy atom. The van der Waals surface area contributed by atoms with E-state index in [1.54, 1.807) is 20.8 Å². The van der Waals surface area contributed by atoms with Crippen LogP contribution in [0.3, 0.4) is 0 Å². The number of carbonyl (C=O) groups excluding carboxylic acids is 2. The predicted molar refractivity (Wildman–Crippen MR) is 109 cm³/mol. The lowest BCUT2D eigenvalue weighted by molar-refractivity contribution is -0.139. The van der Waals surface area contributed by atoms with Crippen LogP contribution in [0.5, 0.6) is 11.5 Å². The molecule has 0 unspecified atom stereocenters. The molecule has 2 rings (SSSR count). The van der Waals surface area contributed by atoms with Crippen LogP contribution >= 0.6 is 0 Å². The minimum Gasteiger partial charge on any atom is -0.493 e. The van der Waals surface area contributed by atoms with Crippen molar-refractivity contribution in [2.24, 2.45) is 0 Å². The maximum atomic E-state index is 12.5. The van der Waals surface area contributed by atoms with E-state index in [1.165, 1.54) is 32.4 Å². The van der Waals surface area contributed by atoms with Crippen molar-refractivity contribution in [1.29, 1.82) is 0 Å². The molecule has 0 aliphatic rings. The van der Waals surface area contributed by atoms with Crippen LogP contribution < -0.4 is 25.7 Å². The highest BCUT2D eigenvalue weighted by Gasteiger charge is 2.25. The number of aliphatic carboxylic acids is 1. The van der Waals surface area contributed by atoms with Gasteiger partial charge < -0.3 is 34.4 Å². The van der Waals surface area contributed by atoms with Crippen molar-refractivity contribution in [3.8, 4) is 11.5 Å². The Hall–Kier alpha value is -3.76. The standard InChI is InChI=1S/C20H24N2O9/c1-20(2,3)31-19(27)22-12(17(24)25)9-21-16(23)11-6-10-7-14(28-4)15(29-5)8-13(10)30-18(11)26/h6-8,12H,9H2,1-5H3,(H,21,23)(H,22,27)(H,24,25)/t12-/m0/s1. The lowest BCUT2D eigenvalue weighted by atomic mass is 10.1. The van der Waals surface area contributed by atoms with Gasteiger partial charge in [-0.15, -0.1) is 0 Å². The van der Waals surface area contributed by atoms with Crippen LogP contribution in [0.25, 0.3) is 11.0 Å². The van der Waals surface area contributed by atoms with E-state index in [0.717, 1.165) is 0 Å². The maximum Gasteiger partial charge on any atom is 0.408 e. The number of methoxy groups -OCH3 is 2. The number of ether oxygens (including phenoxy) is 3. The predicted octanol–water partition coefficient (Wildman–Crippen LogP) is 1.52. The SMILES string of the molecule is COc1cc2cc(C(=O)NC[C@H](NC(=O)OC(C)(C)C)C(=O)O)c(=O)oc2cc1OC. The molecule has 0 fully saturated rings. The van der Waals surface area contributed by atoms with E-state index >= 15 is 0 Å². The largest absolute Gasteiger partial charge is 0.493 e. The average molecular weight is 436 g/mol. The van der Waals surface area contributed by atoms with Crippen LogP contribution in [0.4, 0.5) is 4.79 Å². The normalized spacial score (nSPS) is 12.0. The van der Waals surface area contributed by atoms with Gasteiger partial charge in [0.2, 0.25) is 0 Å². The highest BCUT2D eigenvalue weighted by molar-refractivity contribution is 5.97. The molecular formula is C20H24N2O9.